The lowest BCUT2D eigenvalue weighted by atomic mass is 9.85. The van der Waals surface area contributed by atoms with Crippen LogP contribution in [-0.4, -0.2) is 95.0 Å². The number of carbonyl (C=O) groups excluding carboxylic acids is 4. The van der Waals surface area contributed by atoms with Gasteiger partial charge >= 0.3 is 12.1 Å². The molecule has 1 aliphatic carbocycles. The van der Waals surface area contributed by atoms with E-state index in [2.05, 4.69) is 5.32 Å². The van der Waals surface area contributed by atoms with Gasteiger partial charge in [0.05, 0.1) is 36.7 Å². The fourth-order valence-corrected chi connectivity index (χ4v) is 5.70. The predicted octanol–water partition coefficient (Wildman–Crippen LogP) is 3.13. The molecule has 276 valence electrons. The van der Waals surface area contributed by atoms with E-state index >= 15 is 0 Å². The number of nitrogens with two attached hydrogens (primary N) is 2. The predicted molar refractivity (Wildman–Crippen MR) is 180 cm³/mol. The molecule has 3 atom stereocenters. The summed E-state index contributed by atoms with van der Waals surface area (Å²) in [5.74, 6) is -0.433. The second kappa shape index (κ2) is 18.4. The van der Waals surface area contributed by atoms with Crippen LogP contribution in [0, 0.1) is 22.7 Å². The first-order valence-electron chi connectivity index (χ1n) is 17.1. The van der Waals surface area contributed by atoms with Gasteiger partial charge in [-0.15, -0.1) is 0 Å². The lowest BCUT2D eigenvalue weighted by Gasteiger charge is -2.29. The van der Waals surface area contributed by atoms with Crippen molar-refractivity contribution in [2.45, 2.75) is 84.8 Å². The largest absolute Gasteiger partial charge is 0.493 e. The van der Waals surface area contributed by atoms with Gasteiger partial charge in [-0.2, -0.15) is 0 Å². The summed E-state index contributed by atoms with van der Waals surface area (Å²) in [6, 6.07) is 5.39. The van der Waals surface area contributed by atoms with Crippen molar-refractivity contribution in [2.24, 2.45) is 34.1 Å². The van der Waals surface area contributed by atoms with E-state index in [4.69, 9.17) is 39.9 Å². The van der Waals surface area contributed by atoms with Crippen LogP contribution in [-0.2, 0) is 39.8 Å². The highest BCUT2D eigenvalue weighted by Gasteiger charge is 2.50. The van der Waals surface area contributed by atoms with Crippen LogP contribution in [0.25, 0.3) is 0 Å². The Morgan fingerprint density at radius 1 is 1.08 bits per heavy atom. The van der Waals surface area contributed by atoms with Gasteiger partial charge in [0, 0.05) is 39.1 Å². The summed E-state index contributed by atoms with van der Waals surface area (Å²) in [6.07, 6.45) is 3.15. The summed E-state index contributed by atoms with van der Waals surface area (Å²) in [4.78, 5) is 52.3. The highest BCUT2D eigenvalue weighted by Crippen LogP contribution is 2.45. The molecule has 1 unspecified atom stereocenters. The quantitative estimate of drug-likeness (QED) is 0.0975. The summed E-state index contributed by atoms with van der Waals surface area (Å²) in [7, 11) is 3.24. The Bertz CT molecular complexity index is 1270. The van der Waals surface area contributed by atoms with Crippen LogP contribution in [0.2, 0.25) is 0 Å². The number of primary amides is 1. The summed E-state index contributed by atoms with van der Waals surface area (Å²) >= 11 is 0. The van der Waals surface area contributed by atoms with Crippen LogP contribution < -0.4 is 26.3 Å². The van der Waals surface area contributed by atoms with Gasteiger partial charge in [-0.3, -0.25) is 19.3 Å². The molecule has 1 aromatic rings. The standard InChI is InChI=1S/C35H56N4O10/c1-23(2)25(30(40)38-20-34(3,4)31(37)41)18-28-26(39(21-47-28)33(43)49-22-48-32(42)35(19-36)13-14-35)10-7-9-24-11-12-27(45-6)29(17-24)46-16-8-15-44-5/h11-12,17,23,25-26,28H,7-10,13-16,18-22,36H2,1-6H3,(H2,37,41)(H,38,40)/t25?,26-,28-/m0/s1. The second-order valence-corrected chi connectivity index (χ2v) is 13.9. The molecule has 1 aliphatic heterocycles. The van der Waals surface area contributed by atoms with Gasteiger partial charge in [-0.25, -0.2) is 4.79 Å². The molecule has 5 N–H and O–H groups in total. The average molecular weight is 693 g/mol. The number of ether oxygens (including phenoxy) is 6. The first-order chi connectivity index (χ1) is 23.3. The van der Waals surface area contributed by atoms with Crippen molar-refractivity contribution in [2.75, 3.05) is 54.0 Å². The van der Waals surface area contributed by atoms with Crippen molar-refractivity contribution in [3.63, 3.8) is 0 Å². The number of amides is 3. The van der Waals surface area contributed by atoms with Gasteiger partial charge in [-0.05, 0) is 76.0 Å². The molecule has 2 fully saturated rings. The Hall–Kier alpha value is -3.62. The number of nitrogens with one attached hydrogen (secondary N) is 1. The zero-order valence-corrected chi connectivity index (χ0v) is 29.9. The van der Waals surface area contributed by atoms with E-state index in [0.29, 0.717) is 63.2 Å². The topological polar surface area (TPSA) is 191 Å². The molecule has 1 saturated carbocycles. The third kappa shape index (κ3) is 11.2. The molecule has 3 rings (SSSR count). The zero-order chi connectivity index (χ0) is 36.2. The maximum atomic E-state index is 13.4. The zero-order valence-electron chi connectivity index (χ0n) is 29.9. The molecule has 3 amide bonds. The number of esters is 1. The minimum Gasteiger partial charge on any atom is -0.493 e. The summed E-state index contributed by atoms with van der Waals surface area (Å²) in [5, 5.41) is 2.88. The second-order valence-electron chi connectivity index (χ2n) is 13.9. The van der Waals surface area contributed by atoms with E-state index in [-0.39, 0.29) is 31.6 Å². The number of aryl methyl sites for hydroxylation is 1. The van der Waals surface area contributed by atoms with Gasteiger partial charge in [0.15, 0.2) is 11.5 Å². The first kappa shape index (κ1) is 39.8. The van der Waals surface area contributed by atoms with E-state index in [1.807, 2.05) is 32.0 Å². The Labute approximate surface area is 289 Å². The molecule has 0 bridgehead atoms. The molecule has 14 nitrogen and oxygen atoms in total. The van der Waals surface area contributed by atoms with Gasteiger partial charge in [0.2, 0.25) is 18.6 Å². The van der Waals surface area contributed by atoms with E-state index in [9.17, 15) is 19.2 Å². The minimum absolute atomic E-state index is 0.0437. The molecule has 2 aliphatic rings. The number of nitrogens with zero attached hydrogens (tertiary/aromatic N) is 1. The molecule has 1 saturated heterocycles. The number of benzene rings is 1. The van der Waals surface area contributed by atoms with Crippen LogP contribution in [0.5, 0.6) is 11.5 Å². The van der Waals surface area contributed by atoms with Crippen molar-refractivity contribution in [1.29, 1.82) is 0 Å². The van der Waals surface area contributed by atoms with Crippen molar-refractivity contribution in [3.8, 4) is 11.5 Å². The molecule has 1 aromatic carbocycles. The van der Waals surface area contributed by atoms with Gasteiger partial charge in [0.1, 0.15) is 6.73 Å². The van der Waals surface area contributed by atoms with E-state index in [1.54, 1.807) is 28.1 Å². The van der Waals surface area contributed by atoms with E-state index < -0.39 is 53.7 Å². The fourth-order valence-electron chi connectivity index (χ4n) is 5.70. The lowest BCUT2D eigenvalue weighted by Crippen LogP contribution is -2.46. The van der Waals surface area contributed by atoms with Crippen LogP contribution in [0.3, 0.4) is 0 Å². The van der Waals surface area contributed by atoms with Crippen molar-refractivity contribution in [3.05, 3.63) is 23.8 Å². The molecular weight excluding hydrogens is 636 g/mol. The van der Waals surface area contributed by atoms with Crippen LogP contribution in [0.4, 0.5) is 4.79 Å². The molecule has 0 spiro atoms. The maximum absolute atomic E-state index is 13.4. The number of carbonyl (C=O) groups is 4. The van der Waals surface area contributed by atoms with E-state index in [0.717, 1.165) is 12.0 Å². The van der Waals surface area contributed by atoms with Crippen LogP contribution in [0.15, 0.2) is 18.2 Å². The Balaban J connectivity index is 1.70. The third-order valence-corrected chi connectivity index (χ3v) is 9.48. The number of hydrogen-bond acceptors (Lipinski definition) is 11. The Morgan fingerprint density at radius 3 is 2.43 bits per heavy atom. The monoisotopic (exact) mass is 692 g/mol. The van der Waals surface area contributed by atoms with Crippen molar-refractivity contribution in [1.82, 2.24) is 10.2 Å². The van der Waals surface area contributed by atoms with E-state index in [1.165, 1.54) is 4.90 Å². The van der Waals surface area contributed by atoms with Crippen molar-refractivity contribution < 1.29 is 47.6 Å². The average Bonchev–Trinajstić information content (AvgIpc) is 3.78. The van der Waals surface area contributed by atoms with Gasteiger partial charge in [0.25, 0.3) is 0 Å². The molecule has 1 heterocycles. The molecular formula is C35H56N4O10. The summed E-state index contributed by atoms with van der Waals surface area (Å²) in [5.41, 5.74) is 10.7. The Kier molecular flexibility index (Phi) is 14.9. The van der Waals surface area contributed by atoms with Gasteiger partial charge < -0.3 is 45.2 Å². The summed E-state index contributed by atoms with van der Waals surface area (Å²) < 4.78 is 33.2. The number of rotatable bonds is 21. The normalized spacial score (nSPS) is 18.9. The highest BCUT2D eigenvalue weighted by atomic mass is 16.7. The van der Waals surface area contributed by atoms with Crippen LogP contribution >= 0.6 is 0 Å². The molecule has 14 heteroatoms. The molecule has 49 heavy (non-hydrogen) atoms. The highest BCUT2D eigenvalue weighted by molar-refractivity contribution is 5.83. The molecule has 0 radical (unpaired) electrons. The SMILES string of the molecule is COCCCOc1cc(CCC[C@H]2[C@H](CC(C(=O)NCC(C)(C)C(N)=O)C(C)C)OCN2C(=O)OCOC(=O)C2(CN)CC2)ccc1OC. The lowest BCUT2D eigenvalue weighted by molar-refractivity contribution is -0.158. The smallest absolute Gasteiger partial charge is 0.414 e. The van der Waals surface area contributed by atoms with Crippen LogP contribution in [0.1, 0.15) is 71.8 Å². The number of hydrogen-bond donors (Lipinski definition) is 3. The van der Waals surface area contributed by atoms with Gasteiger partial charge in [-0.1, -0.05) is 19.9 Å². The fraction of sp³-hybridized carbons (Fsp3) is 0.714. The first-order valence-corrected chi connectivity index (χ1v) is 17.1. The maximum Gasteiger partial charge on any atom is 0.414 e. The number of methoxy groups -OCH3 is 2. The minimum atomic E-state index is -0.910. The Morgan fingerprint density at radius 2 is 1.82 bits per heavy atom. The van der Waals surface area contributed by atoms with Crippen molar-refractivity contribution >= 4 is 23.9 Å². The molecule has 0 aromatic heterocycles. The summed E-state index contributed by atoms with van der Waals surface area (Å²) in [6.45, 7) is 8.03. The third-order valence-electron chi connectivity index (χ3n) is 9.48.